The van der Waals surface area contributed by atoms with E-state index in [9.17, 15) is 4.21 Å². The Labute approximate surface area is 229 Å². The van der Waals surface area contributed by atoms with Gasteiger partial charge >= 0.3 is 0 Å². The van der Waals surface area contributed by atoms with Crippen LogP contribution in [0.15, 0.2) is 82.6 Å². The second-order valence-corrected chi connectivity index (χ2v) is 12.6. The van der Waals surface area contributed by atoms with Crippen LogP contribution in [-0.2, 0) is 10.8 Å². The topological polar surface area (TPSA) is 29.1 Å². The molecular weight excluding hydrogens is 494 g/mol. The molecule has 1 N–H and O–H groups in total. The Kier molecular flexibility index (Phi) is 8.46. The van der Waals surface area contributed by atoms with Gasteiger partial charge in [0.1, 0.15) is 0 Å². The van der Waals surface area contributed by atoms with Crippen LogP contribution < -0.4 is 5.32 Å². The number of rotatable bonds is 8. The predicted molar refractivity (Wildman–Crippen MR) is 161 cm³/mol. The molecule has 0 aromatic heterocycles. The average Bonchev–Trinajstić information content (AvgIpc) is 2.87. The molecule has 2 nitrogen and oxygen atoms in total. The lowest BCUT2D eigenvalue weighted by atomic mass is 9.89. The van der Waals surface area contributed by atoms with Crippen LogP contribution in [0.3, 0.4) is 0 Å². The Morgan fingerprint density at radius 2 is 1.27 bits per heavy atom. The molecule has 1 unspecified atom stereocenters. The fourth-order valence-electron chi connectivity index (χ4n) is 4.89. The Balaban J connectivity index is 1.95. The van der Waals surface area contributed by atoms with Gasteiger partial charge in [-0.15, -0.1) is 0 Å². The minimum Gasteiger partial charge on any atom is -0.378 e. The molecule has 4 aromatic carbocycles. The largest absolute Gasteiger partial charge is 0.378 e. The smallest absolute Gasteiger partial charge is 0.0865 e. The molecule has 0 fully saturated rings. The molecule has 4 aromatic rings. The zero-order chi connectivity index (χ0) is 26.9. The number of anilines is 1. The number of hydrogen-bond donors (Lipinski definition) is 1. The monoisotopic (exact) mass is 531 g/mol. The van der Waals surface area contributed by atoms with E-state index in [-0.39, 0.29) is 17.9 Å². The van der Waals surface area contributed by atoms with E-state index >= 15 is 0 Å². The van der Waals surface area contributed by atoms with Gasteiger partial charge in [0.25, 0.3) is 0 Å². The van der Waals surface area contributed by atoms with E-state index in [0.29, 0.717) is 10.9 Å². The van der Waals surface area contributed by atoms with Gasteiger partial charge in [-0.2, -0.15) is 0 Å². The fourth-order valence-corrected chi connectivity index (χ4v) is 7.08. The van der Waals surface area contributed by atoms with Crippen LogP contribution in [-0.4, -0.2) is 4.21 Å². The van der Waals surface area contributed by atoms with Crippen molar-refractivity contribution in [2.45, 2.75) is 82.1 Å². The van der Waals surface area contributed by atoms with E-state index < -0.39 is 10.8 Å². The molecule has 0 aliphatic rings. The van der Waals surface area contributed by atoms with Gasteiger partial charge in [-0.3, -0.25) is 0 Å². The van der Waals surface area contributed by atoms with Crippen molar-refractivity contribution in [2.75, 3.05) is 5.32 Å². The molecule has 0 spiro atoms. The number of fused-ring (bicyclic) bond motifs is 1. The summed E-state index contributed by atoms with van der Waals surface area (Å²) in [5.41, 5.74) is 5.71. The van der Waals surface area contributed by atoms with Crippen LogP contribution in [0.5, 0.6) is 0 Å². The first-order chi connectivity index (χ1) is 17.6. The molecule has 194 valence electrons. The molecule has 0 radical (unpaired) electrons. The van der Waals surface area contributed by atoms with Crippen molar-refractivity contribution < 1.29 is 4.21 Å². The second kappa shape index (κ2) is 11.4. The maximum absolute atomic E-state index is 14.9. The third-order valence-corrected chi connectivity index (χ3v) is 8.97. The molecule has 37 heavy (non-hydrogen) atoms. The van der Waals surface area contributed by atoms with E-state index in [4.69, 9.17) is 11.6 Å². The highest BCUT2D eigenvalue weighted by Crippen LogP contribution is 2.40. The highest BCUT2D eigenvalue weighted by molar-refractivity contribution is 7.85. The van der Waals surface area contributed by atoms with Crippen molar-refractivity contribution in [1.29, 1.82) is 0 Å². The first-order valence-corrected chi connectivity index (χ1v) is 14.7. The average molecular weight is 532 g/mol. The van der Waals surface area contributed by atoms with Gasteiger partial charge in [0.05, 0.1) is 20.6 Å². The summed E-state index contributed by atoms with van der Waals surface area (Å²) in [5.74, 6) is 0.936. The van der Waals surface area contributed by atoms with Crippen LogP contribution >= 0.6 is 11.6 Å². The van der Waals surface area contributed by atoms with Gasteiger partial charge < -0.3 is 5.32 Å². The lowest BCUT2D eigenvalue weighted by molar-refractivity contribution is 0.674. The molecule has 0 aliphatic carbocycles. The minimum absolute atomic E-state index is 0.0512. The third-order valence-electron chi connectivity index (χ3n) is 7.05. The quantitative estimate of drug-likeness (QED) is 0.245. The number of hydrogen-bond acceptors (Lipinski definition) is 2. The normalized spacial score (nSPS) is 13.5. The molecule has 0 amide bonds. The predicted octanol–water partition coefficient (Wildman–Crippen LogP) is 10.2. The van der Waals surface area contributed by atoms with Gasteiger partial charge in [0, 0.05) is 16.8 Å². The van der Waals surface area contributed by atoms with E-state index in [1.165, 1.54) is 16.7 Å². The van der Waals surface area contributed by atoms with Crippen LogP contribution in [0.2, 0.25) is 5.02 Å². The van der Waals surface area contributed by atoms with Crippen molar-refractivity contribution >= 4 is 38.9 Å². The Morgan fingerprint density at radius 1 is 0.676 bits per heavy atom. The highest BCUT2D eigenvalue weighted by Gasteiger charge is 2.26. The van der Waals surface area contributed by atoms with Crippen LogP contribution in [0.1, 0.15) is 94.5 Å². The van der Waals surface area contributed by atoms with Gasteiger partial charge in [0.15, 0.2) is 0 Å². The zero-order valence-electron chi connectivity index (χ0n) is 22.9. The molecule has 0 bridgehead atoms. The number of nitrogens with one attached hydrogen (secondary N) is 1. The Hall–Kier alpha value is -2.62. The summed E-state index contributed by atoms with van der Waals surface area (Å²) in [6, 6.07) is 24.8. The highest BCUT2D eigenvalue weighted by atomic mass is 35.5. The molecule has 2 atom stereocenters. The van der Waals surface area contributed by atoms with Crippen LogP contribution in [0.4, 0.5) is 5.69 Å². The molecule has 0 saturated carbocycles. The molecule has 4 rings (SSSR count). The van der Waals surface area contributed by atoms with Crippen molar-refractivity contribution in [2.24, 2.45) is 0 Å². The van der Waals surface area contributed by atoms with E-state index in [1.807, 2.05) is 36.4 Å². The van der Waals surface area contributed by atoms with Crippen LogP contribution in [0.25, 0.3) is 10.8 Å². The summed E-state index contributed by atoms with van der Waals surface area (Å²) in [6.07, 6.45) is 0. The fraction of sp³-hybridized carbons (Fsp3) is 0.333. The zero-order valence-corrected chi connectivity index (χ0v) is 24.5. The summed E-state index contributed by atoms with van der Waals surface area (Å²) in [5, 5.41) is 6.45. The van der Waals surface area contributed by atoms with E-state index in [1.54, 1.807) is 0 Å². The van der Waals surface area contributed by atoms with E-state index in [2.05, 4.69) is 90.2 Å². The maximum atomic E-state index is 14.9. The molecule has 0 saturated heterocycles. The van der Waals surface area contributed by atoms with Gasteiger partial charge in [-0.1, -0.05) is 102 Å². The van der Waals surface area contributed by atoms with Gasteiger partial charge in [-0.25, -0.2) is 4.21 Å². The van der Waals surface area contributed by atoms with Gasteiger partial charge in [-0.05, 0) is 82.0 Å². The lowest BCUT2D eigenvalue weighted by Crippen LogP contribution is -2.14. The molecule has 0 heterocycles. The van der Waals surface area contributed by atoms with Crippen LogP contribution in [0, 0.1) is 0 Å². The maximum Gasteiger partial charge on any atom is 0.0865 e. The summed E-state index contributed by atoms with van der Waals surface area (Å²) in [4.78, 5) is 1.87. The summed E-state index contributed by atoms with van der Waals surface area (Å²) >= 11 is 6.11. The number of halogens is 1. The van der Waals surface area contributed by atoms with Gasteiger partial charge in [0.2, 0.25) is 0 Å². The summed E-state index contributed by atoms with van der Waals surface area (Å²) in [6.45, 7) is 15.4. The molecular formula is C33H38ClNOS. The third kappa shape index (κ3) is 5.78. The van der Waals surface area contributed by atoms with Crippen molar-refractivity contribution in [3.63, 3.8) is 0 Å². The Morgan fingerprint density at radius 3 is 1.84 bits per heavy atom. The number of benzene rings is 4. The standard InChI is InChI=1S/C33H38ClNOS/c1-20(2)25-18-30(21(3)4)33(31(19-25)22(5)6)37(36)32-28(17-12-24-10-8-9-11-29(24)32)23(7)35-27-15-13-26(34)14-16-27/h8-23,35H,1-7H3/t23-,37?/m1/s1. The SMILES string of the molecule is CC(C)c1cc(C(C)C)c(S(=O)c2c([C@@H](C)Nc3ccc(Cl)cc3)ccc3ccccc23)c(C(C)C)c1. The molecule has 0 aliphatic heterocycles. The summed E-state index contributed by atoms with van der Waals surface area (Å²) < 4.78 is 14.9. The minimum atomic E-state index is -1.36. The van der Waals surface area contributed by atoms with E-state index in [0.717, 1.165) is 31.8 Å². The first kappa shape index (κ1) is 27.4. The lowest BCUT2D eigenvalue weighted by Gasteiger charge is -2.25. The van der Waals surface area contributed by atoms with Crippen molar-refractivity contribution in [3.8, 4) is 0 Å². The summed E-state index contributed by atoms with van der Waals surface area (Å²) in [7, 11) is -1.36. The Bertz CT molecular complexity index is 1390. The van der Waals surface area contributed by atoms with Crippen molar-refractivity contribution in [1.82, 2.24) is 0 Å². The van der Waals surface area contributed by atoms with Crippen molar-refractivity contribution in [3.05, 3.63) is 100 Å². The second-order valence-electron chi connectivity index (χ2n) is 10.8. The molecule has 4 heteroatoms. The first-order valence-electron chi connectivity index (χ1n) is 13.2.